The molecule has 0 bridgehead atoms. The van der Waals surface area contributed by atoms with E-state index in [9.17, 15) is 0 Å². The van der Waals surface area contributed by atoms with E-state index in [1.54, 1.807) is 0 Å². The molecule has 0 saturated heterocycles. The zero-order valence-electron chi connectivity index (χ0n) is 6.77. The minimum Gasteiger partial charge on any atom is -0.313 e. The maximum atomic E-state index is 3.52. The van der Waals surface area contributed by atoms with E-state index in [0.717, 1.165) is 6.04 Å². The van der Waals surface area contributed by atoms with E-state index in [0.29, 0.717) is 0 Å². The molecule has 0 aromatic rings. The Labute approximate surface area is 63.5 Å². The fraction of sp³-hybridized carbons (Fsp3) is 0.778. The molecular formula is C9H17N. The Morgan fingerprint density at radius 2 is 2.10 bits per heavy atom. The van der Waals surface area contributed by atoms with Crippen LogP contribution in [0.2, 0.25) is 0 Å². The third kappa shape index (κ3) is 2.53. The monoisotopic (exact) mass is 139 g/mol. The molecule has 1 aliphatic rings. The fourth-order valence-corrected chi connectivity index (χ4v) is 1.27. The predicted molar refractivity (Wildman–Crippen MR) is 45.1 cm³/mol. The van der Waals surface area contributed by atoms with E-state index >= 15 is 0 Å². The van der Waals surface area contributed by atoms with Gasteiger partial charge in [-0.2, -0.15) is 0 Å². The first-order chi connectivity index (χ1) is 4.93. The molecule has 0 saturated carbocycles. The largest absolute Gasteiger partial charge is 0.313 e. The molecule has 0 aliphatic heterocycles. The average Bonchev–Trinajstić information content (AvgIpc) is 2.41. The van der Waals surface area contributed by atoms with Crippen LogP contribution in [-0.2, 0) is 0 Å². The molecule has 1 heteroatoms. The van der Waals surface area contributed by atoms with E-state index < -0.39 is 0 Å². The molecule has 10 heavy (non-hydrogen) atoms. The van der Waals surface area contributed by atoms with Gasteiger partial charge in [-0.1, -0.05) is 25.5 Å². The maximum absolute atomic E-state index is 3.52. The number of unbranched alkanes of at least 4 members (excludes halogenated alkanes) is 1. The van der Waals surface area contributed by atoms with Crippen LogP contribution in [0, 0.1) is 0 Å². The van der Waals surface area contributed by atoms with Crippen molar-refractivity contribution in [2.24, 2.45) is 0 Å². The standard InChI is InChI=1S/C9H17N/c1-2-3-8-10-9-6-4-5-7-9/h4-5,9-10H,2-3,6-8H2,1H3. The highest BCUT2D eigenvalue weighted by Gasteiger charge is 2.07. The van der Waals surface area contributed by atoms with Crippen LogP contribution in [0.5, 0.6) is 0 Å². The molecule has 0 fully saturated rings. The Bertz CT molecular complexity index is 99.3. The summed E-state index contributed by atoms with van der Waals surface area (Å²) in [5, 5.41) is 3.52. The van der Waals surface area contributed by atoms with E-state index in [1.807, 2.05) is 0 Å². The van der Waals surface area contributed by atoms with Gasteiger partial charge in [-0.3, -0.25) is 0 Å². The summed E-state index contributed by atoms with van der Waals surface area (Å²) in [5.41, 5.74) is 0. The van der Waals surface area contributed by atoms with Crippen LogP contribution in [0.3, 0.4) is 0 Å². The van der Waals surface area contributed by atoms with Gasteiger partial charge in [0.05, 0.1) is 0 Å². The second-order valence-electron chi connectivity index (χ2n) is 2.95. The summed E-state index contributed by atoms with van der Waals surface area (Å²) in [6, 6.07) is 0.756. The summed E-state index contributed by atoms with van der Waals surface area (Å²) in [4.78, 5) is 0. The normalized spacial score (nSPS) is 18.5. The Kier molecular flexibility index (Phi) is 3.52. The smallest absolute Gasteiger partial charge is 0.0136 e. The van der Waals surface area contributed by atoms with Crippen molar-refractivity contribution in [3.8, 4) is 0 Å². The molecule has 1 rings (SSSR count). The van der Waals surface area contributed by atoms with E-state index in [2.05, 4.69) is 24.4 Å². The number of hydrogen-bond acceptors (Lipinski definition) is 1. The van der Waals surface area contributed by atoms with Crippen LogP contribution in [0.4, 0.5) is 0 Å². The van der Waals surface area contributed by atoms with Crippen molar-refractivity contribution in [3.63, 3.8) is 0 Å². The highest BCUT2D eigenvalue weighted by atomic mass is 14.9. The SMILES string of the molecule is CCCCNC1CC=CC1. The van der Waals surface area contributed by atoms with Crippen LogP contribution in [-0.4, -0.2) is 12.6 Å². The number of nitrogens with one attached hydrogen (secondary N) is 1. The lowest BCUT2D eigenvalue weighted by atomic mass is 10.2. The maximum Gasteiger partial charge on any atom is 0.0136 e. The lowest BCUT2D eigenvalue weighted by Gasteiger charge is -2.10. The van der Waals surface area contributed by atoms with Crippen LogP contribution < -0.4 is 5.32 Å². The molecule has 0 unspecified atom stereocenters. The number of hydrogen-bond donors (Lipinski definition) is 1. The van der Waals surface area contributed by atoms with Crippen LogP contribution in [0.1, 0.15) is 32.6 Å². The van der Waals surface area contributed by atoms with Gasteiger partial charge in [0.1, 0.15) is 0 Å². The minimum atomic E-state index is 0.756. The van der Waals surface area contributed by atoms with Crippen LogP contribution in [0.15, 0.2) is 12.2 Å². The average molecular weight is 139 g/mol. The van der Waals surface area contributed by atoms with Gasteiger partial charge in [0.25, 0.3) is 0 Å². The number of rotatable bonds is 4. The third-order valence-corrected chi connectivity index (χ3v) is 1.97. The van der Waals surface area contributed by atoms with Gasteiger partial charge in [-0.05, 0) is 25.8 Å². The molecule has 0 aromatic carbocycles. The van der Waals surface area contributed by atoms with Crippen molar-refractivity contribution in [3.05, 3.63) is 12.2 Å². The van der Waals surface area contributed by atoms with Gasteiger partial charge in [0, 0.05) is 6.04 Å². The molecule has 1 N–H and O–H groups in total. The first-order valence-corrected chi connectivity index (χ1v) is 4.32. The molecule has 1 nitrogen and oxygen atoms in total. The van der Waals surface area contributed by atoms with E-state index in [1.165, 1.54) is 32.2 Å². The van der Waals surface area contributed by atoms with Gasteiger partial charge >= 0.3 is 0 Å². The third-order valence-electron chi connectivity index (χ3n) is 1.97. The van der Waals surface area contributed by atoms with Crippen molar-refractivity contribution in [2.45, 2.75) is 38.6 Å². The quantitative estimate of drug-likeness (QED) is 0.464. The molecular weight excluding hydrogens is 122 g/mol. The van der Waals surface area contributed by atoms with Gasteiger partial charge in [0.15, 0.2) is 0 Å². The fourth-order valence-electron chi connectivity index (χ4n) is 1.27. The molecule has 0 radical (unpaired) electrons. The second kappa shape index (κ2) is 4.51. The molecule has 0 spiro atoms. The van der Waals surface area contributed by atoms with E-state index in [4.69, 9.17) is 0 Å². The summed E-state index contributed by atoms with van der Waals surface area (Å²) in [6.07, 6.45) is 9.63. The predicted octanol–water partition coefficient (Wildman–Crippen LogP) is 2.09. The van der Waals surface area contributed by atoms with Gasteiger partial charge in [-0.25, -0.2) is 0 Å². The highest BCUT2D eigenvalue weighted by Crippen LogP contribution is 2.08. The Morgan fingerprint density at radius 3 is 2.70 bits per heavy atom. The zero-order chi connectivity index (χ0) is 7.23. The summed E-state index contributed by atoms with van der Waals surface area (Å²) in [7, 11) is 0. The lowest BCUT2D eigenvalue weighted by Crippen LogP contribution is -2.26. The first kappa shape index (κ1) is 7.80. The summed E-state index contributed by atoms with van der Waals surface area (Å²) in [6.45, 7) is 3.43. The van der Waals surface area contributed by atoms with Crippen molar-refractivity contribution < 1.29 is 0 Å². The van der Waals surface area contributed by atoms with Crippen molar-refractivity contribution >= 4 is 0 Å². The van der Waals surface area contributed by atoms with Gasteiger partial charge in [-0.15, -0.1) is 0 Å². The first-order valence-electron chi connectivity index (χ1n) is 4.32. The van der Waals surface area contributed by atoms with E-state index in [-0.39, 0.29) is 0 Å². The minimum absolute atomic E-state index is 0.756. The molecule has 58 valence electrons. The summed E-state index contributed by atoms with van der Waals surface area (Å²) < 4.78 is 0. The topological polar surface area (TPSA) is 12.0 Å². The highest BCUT2D eigenvalue weighted by molar-refractivity contribution is 4.97. The zero-order valence-corrected chi connectivity index (χ0v) is 6.77. The Balaban J connectivity index is 1.93. The lowest BCUT2D eigenvalue weighted by molar-refractivity contribution is 0.525. The van der Waals surface area contributed by atoms with Crippen molar-refractivity contribution in [2.75, 3.05) is 6.54 Å². The summed E-state index contributed by atoms with van der Waals surface area (Å²) >= 11 is 0. The molecule has 1 aliphatic carbocycles. The molecule has 0 atom stereocenters. The van der Waals surface area contributed by atoms with Gasteiger partial charge in [0.2, 0.25) is 0 Å². The van der Waals surface area contributed by atoms with Gasteiger partial charge < -0.3 is 5.32 Å². The Hall–Kier alpha value is -0.300. The molecule has 0 aromatic heterocycles. The van der Waals surface area contributed by atoms with Crippen molar-refractivity contribution in [1.29, 1.82) is 0 Å². The molecule has 0 heterocycles. The second-order valence-corrected chi connectivity index (χ2v) is 2.95. The van der Waals surface area contributed by atoms with Crippen LogP contribution >= 0.6 is 0 Å². The van der Waals surface area contributed by atoms with Crippen LogP contribution in [0.25, 0.3) is 0 Å². The summed E-state index contributed by atoms with van der Waals surface area (Å²) in [5.74, 6) is 0. The van der Waals surface area contributed by atoms with Crippen molar-refractivity contribution in [1.82, 2.24) is 5.32 Å². The Morgan fingerprint density at radius 1 is 1.40 bits per heavy atom. The molecule has 0 amide bonds.